The molecule has 5 heterocycles. The van der Waals surface area contributed by atoms with E-state index in [1.807, 2.05) is 30.1 Å². The number of nitrogens with zero attached hydrogens (tertiary/aromatic N) is 5. The Kier molecular flexibility index (Phi) is 5.30. The number of hydrogen-bond donors (Lipinski definition) is 1. The van der Waals surface area contributed by atoms with Crippen LogP contribution >= 0.6 is 0 Å². The van der Waals surface area contributed by atoms with Crippen molar-refractivity contribution in [3.05, 3.63) is 30.6 Å². The van der Waals surface area contributed by atoms with E-state index >= 15 is 0 Å². The lowest BCUT2D eigenvalue weighted by Gasteiger charge is -2.41. The molecule has 1 amide bonds. The average Bonchev–Trinajstić information content (AvgIpc) is 3.19. The maximum Gasteiger partial charge on any atom is 0.228 e. The molecule has 2 aliphatic heterocycles. The fourth-order valence-corrected chi connectivity index (χ4v) is 4.79. The van der Waals surface area contributed by atoms with Crippen LogP contribution in [0, 0.1) is 5.92 Å². The van der Waals surface area contributed by atoms with Gasteiger partial charge in [-0.05, 0) is 44.2 Å². The molecule has 3 aromatic heterocycles. The van der Waals surface area contributed by atoms with Crippen molar-refractivity contribution in [1.82, 2.24) is 24.3 Å². The molecule has 9 heteroatoms. The Hall–Kier alpha value is -2.91. The zero-order valence-electron chi connectivity index (χ0n) is 18.9. The summed E-state index contributed by atoms with van der Waals surface area (Å²) in [5.41, 5.74) is 2.85. The summed E-state index contributed by atoms with van der Waals surface area (Å²) in [4.78, 5) is 14.5. The molecule has 1 aliphatic carbocycles. The van der Waals surface area contributed by atoms with Crippen molar-refractivity contribution < 1.29 is 14.3 Å². The van der Waals surface area contributed by atoms with Gasteiger partial charge in [0.15, 0.2) is 11.6 Å². The van der Waals surface area contributed by atoms with Crippen LogP contribution in [0.5, 0.6) is 5.75 Å². The minimum Gasteiger partial charge on any atom is -0.488 e. The van der Waals surface area contributed by atoms with Gasteiger partial charge in [0, 0.05) is 56.5 Å². The van der Waals surface area contributed by atoms with Crippen molar-refractivity contribution >= 4 is 17.2 Å². The van der Waals surface area contributed by atoms with E-state index in [4.69, 9.17) is 9.47 Å². The van der Waals surface area contributed by atoms with Gasteiger partial charge in [0.05, 0.1) is 17.8 Å². The smallest absolute Gasteiger partial charge is 0.228 e. The highest BCUT2D eigenvalue weighted by molar-refractivity contribution is 5.93. The predicted octanol–water partition coefficient (Wildman–Crippen LogP) is 2.72. The van der Waals surface area contributed by atoms with Crippen LogP contribution in [0.2, 0.25) is 0 Å². The number of fused-ring (bicyclic) bond motifs is 1. The molecule has 1 N–H and O–H groups in total. The van der Waals surface area contributed by atoms with Crippen LogP contribution in [0.25, 0.3) is 16.8 Å². The quantitative estimate of drug-likeness (QED) is 0.568. The SMILES string of the molecule is Cn1ncc(OCC2CCN2CC2CCCO2)c1-c1ccn2nc(NC(=O)C3CC3)cc2c1. The summed E-state index contributed by atoms with van der Waals surface area (Å²) in [7, 11) is 1.93. The molecule has 3 aromatic rings. The highest BCUT2D eigenvalue weighted by Gasteiger charge is 2.32. The van der Waals surface area contributed by atoms with Crippen LogP contribution < -0.4 is 10.1 Å². The Morgan fingerprint density at radius 1 is 1.27 bits per heavy atom. The number of anilines is 1. The van der Waals surface area contributed by atoms with Crippen molar-refractivity contribution in [3.8, 4) is 17.0 Å². The van der Waals surface area contributed by atoms with Crippen molar-refractivity contribution in [3.63, 3.8) is 0 Å². The number of amides is 1. The molecule has 2 unspecified atom stereocenters. The second kappa shape index (κ2) is 8.46. The first kappa shape index (κ1) is 20.7. The summed E-state index contributed by atoms with van der Waals surface area (Å²) in [6.07, 6.45) is 9.51. The molecule has 2 saturated heterocycles. The molecule has 0 radical (unpaired) electrons. The van der Waals surface area contributed by atoms with E-state index < -0.39 is 0 Å². The Morgan fingerprint density at radius 3 is 2.94 bits per heavy atom. The first-order chi connectivity index (χ1) is 16.1. The van der Waals surface area contributed by atoms with E-state index in [0.29, 0.717) is 24.6 Å². The lowest BCUT2D eigenvalue weighted by Crippen LogP contribution is -2.53. The van der Waals surface area contributed by atoms with Gasteiger partial charge in [0.25, 0.3) is 0 Å². The van der Waals surface area contributed by atoms with Crippen molar-refractivity contribution in [2.24, 2.45) is 13.0 Å². The van der Waals surface area contributed by atoms with E-state index in [-0.39, 0.29) is 11.8 Å². The predicted molar refractivity (Wildman–Crippen MR) is 123 cm³/mol. The maximum atomic E-state index is 12.1. The van der Waals surface area contributed by atoms with Crippen LogP contribution in [0.3, 0.4) is 0 Å². The van der Waals surface area contributed by atoms with E-state index in [0.717, 1.165) is 61.5 Å². The number of ether oxygens (including phenoxy) is 2. The van der Waals surface area contributed by atoms with Crippen LogP contribution in [0.15, 0.2) is 30.6 Å². The number of hydrogen-bond acceptors (Lipinski definition) is 6. The van der Waals surface area contributed by atoms with E-state index in [2.05, 4.69) is 26.5 Å². The lowest BCUT2D eigenvalue weighted by molar-refractivity contribution is -0.117. The number of aromatic nitrogens is 4. The van der Waals surface area contributed by atoms with Gasteiger partial charge in [-0.3, -0.25) is 14.4 Å². The van der Waals surface area contributed by atoms with Gasteiger partial charge in [-0.15, -0.1) is 0 Å². The van der Waals surface area contributed by atoms with Crippen molar-refractivity contribution in [2.45, 2.75) is 44.2 Å². The Balaban J connectivity index is 1.15. The van der Waals surface area contributed by atoms with Gasteiger partial charge in [-0.25, -0.2) is 4.52 Å². The van der Waals surface area contributed by atoms with E-state index in [9.17, 15) is 4.79 Å². The summed E-state index contributed by atoms with van der Waals surface area (Å²) >= 11 is 0. The molecular weight excluding hydrogens is 420 g/mol. The Morgan fingerprint density at radius 2 is 2.18 bits per heavy atom. The molecule has 0 bridgehead atoms. The number of likely N-dealkylation sites (tertiary alicyclic amines) is 1. The van der Waals surface area contributed by atoms with Crippen molar-refractivity contribution in [2.75, 3.05) is 31.6 Å². The molecule has 3 aliphatic rings. The van der Waals surface area contributed by atoms with Gasteiger partial charge in [0.2, 0.25) is 5.91 Å². The van der Waals surface area contributed by atoms with E-state index in [1.54, 1.807) is 10.7 Å². The van der Waals surface area contributed by atoms with Crippen molar-refractivity contribution in [1.29, 1.82) is 0 Å². The van der Waals surface area contributed by atoms with Crippen LogP contribution in [0.4, 0.5) is 5.82 Å². The van der Waals surface area contributed by atoms with Gasteiger partial charge in [-0.2, -0.15) is 10.2 Å². The number of nitrogens with one attached hydrogen (secondary N) is 1. The monoisotopic (exact) mass is 450 g/mol. The Labute approximate surface area is 192 Å². The molecule has 9 nitrogen and oxygen atoms in total. The van der Waals surface area contributed by atoms with Crippen LogP contribution in [0.1, 0.15) is 32.1 Å². The molecule has 2 atom stereocenters. The van der Waals surface area contributed by atoms with Crippen LogP contribution in [-0.2, 0) is 16.6 Å². The molecule has 0 aromatic carbocycles. The number of rotatable bonds is 8. The average molecular weight is 451 g/mol. The van der Waals surface area contributed by atoms with Crippen LogP contribution in [-0.4, -0.2) is 68.7 Å². The third kappa shape index (κ3) is 4.22. The summed E-state index contributed by atoms with van der Waals surface area (Å²) in [6, 6.07) is 6.38. The topological polar surface area (TPSA) is 85.9 Å². The largest absolute Gasteiger partial charge is 0.488 e. The first-order valence-corrected chi connectivity index (χ1v) is 11.9. The molecule has 6 rings (SSSR count). The van der Waals surface area contributed by atoms with Gasteiger partial charge in [0.1, 0.15) is 12.3 Å². The number of pyridine rings is 1. The number of carbonyl (C=O) groups excluding carboxylic acids is 1. The highest BCUT2D eigenvalue weighted by Crippen LogP contribution is 2.33. The van der Waals surface area contributed by atoms with E-state index in [1.165, 1.54) is 12.8 Å². The Bertz CT molecular complexity index is 1160. The minimum atomic E-state index is 0.0606. The zero-order chi connectivity index (χ0) is 22.4. The minimum absolute atomic E-state index is 0.0606. The lowest BCUT2D eigenvalue weighted by atomic mass is 10.0. The second-order valence-electron chi connectivity index (χ2n) is 9.44. The summed E-state index contributed by atoms with van der Waals surface area (Å²) in [5, 5.41) is 11.8. The zero-order valence-corrected chi connectivity index (χ0v) is 18.9. The molecular formula is C24H30N6O3. The molecule has 33 heavy (non-hydrogen) atoms. The molecule has 1 saturated carbocycles. The third-order valence-electron chi connectivity index (χ3n) is 7.00. The second-order valence-corrected chi connectivity index (χ2v) is 9.44. The number of carbonyl (C=O) groups is 1. The summed E-state index contributed by atoms with van der Waals surface area (Å²) < 4.78 is 15.7. The van der Waals surface area contributed by atoms with Gasteiger partial charge in [-0.1, -0.05) is 0 Å². The maximum absolute atomic E-state index is 12.1. The summed E-state index contributed by atoms with van der Waals surface area (Å²) in [6.45, 7) is 3.67. The fourth-order valence-electron chi connectivity index (χ4n) is 4.79. The normalized spacial score (nSPS) is 23.1. The summed E-state index contributed by atoms with van der Waals surface area (Å²) in [5.74, 6) is 1.58. The fraction of sp³-hybridized carbons (Fsp3) is 0.542. The highest BCUT2D eigenvalue weighted by atomic mass is 16.5. The van der Waals surface area contributed by atoms with Gasteiger partial charge < -0.3 is 14.8 Å². The molecule has 0 spiro atoms. The molecule has 174 valence electrons. The molecule has 3 fully saturated rings. The first-order valence-electron chi connectivity index (χ1n) is 11.9. The third-order valence-corrected chi connectivity index (χ3v) is 7.00. The standard InChI is InChI=1S/C24H30N6O3/c1-28-23(17-6-9-30-19(11-17)12-22(27-30)26-24(31)16-4-5-16)21(13-25-28)33-15-18-7-8-29(18)14-20-3-2-10-32-20/h6,9,11-13,16,18,20H,2-5,7-8,10,14-15H2,1H3,(H,26,27,31). The number of aryl methyl sites for hydroxylation is 1. The van der Waals surface area contributed by atoms with Gasteiger partial charge >= 0.3 is 0 Å².